The Balaban J connectivity index is 1.20. The maximum atomic E-state index is 12.8. The van der Waals surface area contributed by atoms with E-state index < -0.39 is 17.7 Å². The molecule has 6 rings (SSSR count). The molecular weight excluding hydrogens is 636 g/mol. The van der Waals surface area contributed by atoms with Crippen molar-refractivity contribution in [2.45, 2.75) is 12.6 Å². The number of rotatable bonds is 8. The highest BCUT2D eigenvalue weighted by Crippen LogP contribution is 2.37. The van der Waals surface area contributed by atoms with E-state index >= 15 is 0 Å². The third kappa shape index (κ3) is 6.93. The van der Waals surface area contributed by atoms with Crippen LogP contribution in [-0.4, -0.2) is 21.0 Å². The van der Waals surface area contributed by atoms with Gasteiger partial charge in [0.15, 0.2) is 0 Å². The summed E-state index contributed by atoms with van der Waals surface area (Å²) in [7, 11) is 0. The fourth-order valence-electron chi connectivity index (χ4n) is 4.94. The predicted octanol–water partition coefficient (Wildman–Crippen LogP) is 10.8. The zero-order valence-corrected chi connectivity index (χ0v) is 25.3. The number of carbonyl (C=O) groups is 1. The van der Waals surface area contributed by atoms with Crippen LogP contribution in [-0.2, 0) is 12.6 Å². The van der Waals surface area contributed by atoms with Crippen molar-refractivity contribution < 1.29 is 27.8 Å². The van der Waals surface area contributed by atoms with E-state index in [1.807, 2.05) is 42.5 Å². The lowest BCUT2D eigenvalue weighted by molar-refractivity contribution is -0.137. The van der Waals surface area contributed by atoms with E-state index in [9.17, 15) is 23.1 Å². The summed E-state index contributed by atoms with van der Waals surface area (Å²) < 4.78 is 44.2. The standard InChI is InChI=1S/C36H23Cl2F3N2O3/c37-27-13-18-30(31(38)20-27)34-33(24-5-7-25(8-6-24)35(44)45)42-32(43-34)19-21-1-3-22(4-2-21)23-9-14-28(15-10-23)46-29-16-11-26(12-17-29)36(39,40)41/h1-18,20H,19H2,(H,42,43)(H,44,45). The van der Waals surface area contributed by atoms with Crippen LogP contribution in [0.3, 0.4) is 0 Å². The Kier molecular flexibility index (Phi) is 8.58. The molecule has 5 nitrogen and oxygen atoms in total. The number of hydrogen-bond donors (Lipinski definition) is 2. The molecule has 6 aromatic rings. The summed E-state index contributed by atoms with van der Waals surface area (Å²) in [6.45, 7) is 0. The molecule has 230 valence electrons. The van der Waals surface area contributed by atoms with Crippen LogP contribution in [0.2, 0.25) is 10.0 Å². The molecule has 0 atom stereocenters. The topological polar surface area (TPSA) is 75.2 Å². The van der Waals surface area contributed by atoms with Gasteiger partial charge in [-0.15, -0.1) is 0 Å². The van der Waals surface area contributed by atoms with E-state index in [2.05, 4.69) is 4.98 Å². The SMILES string of the molecule is O=C(O)c1ccc(-c2nc(Cc3ccc(-c4ccc(Oc5ccc(C(F)(F)F)cc5)cc4)cc3)[nH]c2-c2ccc(Cl)cc2Cl)cc1. The lowest BCUT2D eigenvalue weighted by Gasteiger charge is -2.10. The maximum Gasteiger partial charge on any atom is 0.416 e. The van der Waals surface area contributed by atoms with Gasteiger partial charge in [-0.25, -0.2) is 9.78 Å². The summed E-state index contributed by atoms with van der Waals surface area (Å²) in [4.78, 5) is 19.6. The van der Waals surface area contributed by atoms with Crippen LogP contribution in [0.5, 0.6) is 11.5 Å². The van der Waals surface area contributed by atoms with Crippen molar-refractivity contribution in [1.82, 2.24) is 9.97 Å². The Bertz CT molecular complexity index is 2010. The number of aromatic amines is 1. The number of nitrogens with one attached hydrogen (secondary N) is 1. The van der Waals surface area contributed by atoms with E-state index in [1.54, 1.807) is 36.4 Å². The monoisotopic (exact) mass is 658 g/mol. The minimum atomic E-state index is -4.40. The van der Waals surface area contributed by atoms with Crippen molar-refractivity contribution in [3.05, 3.63) is 148 Å². The lowest BCUT2D eigenvalue weighted by atomic mass is 10.0. The number of ether oxygens (including phenoxy) is 1. The van der Waals surface area contributed by atoms with Gasteiger partial charge in [0.05, 0.1) is 27.5 Å². The molecule has 0 radical (unpaired) electrons. The molecule has 0 aliphatic heterocycles. The summed E-state index contributed by atoms with van der Waals surface area (Å²) in [5, 5.41) is 10.3. The van der Waals surface area contributed by atoms with Gasteiger partial charge in [0.2, 0.25) is 0 Å². The second kappa shape index (κ2) is 12.7. The van der Waals surface area contributed by atoms with Crippen LogP contribution in [0.1, 0.15) is 27.3 Å². The van der Waals surface area contributed by atoms with E-state index in [0.29, 0.717) is 50.7 Å². The molecule has 0 spiro atoms. The first-order chi connectivity index (χ1) is 22.0. The molecule has 0 fully saturated rings. The Morgan fingerprint density at radius 2 is 1.33 bits per heavy atom. The summed E-state index contributed by atoms with van der Waals surface area (Å²) >= 11 is 12.7. The predicted molar refractivity (Wildman–Crippen MR) is 173 cm³/mol. The molecule has 0 aliphatic carbocycles. The highest BCUT2D eigenvalue weighted by atomic mass is 35.5. The van der Waals surface area contributed by atoms with Gasteiger partial charge in [-0.3, -0.25) is 0 Å². The quantitative estimate of drug-likeness (QED) is 0.171. The minimum Gasteiger partial charge on any atom is -0.478 e. The maximum absolute atomic E-state index is 12.8. The molecule has 2 N–H and O–H groups in total. The molecule has 0 saturated heterocycles. The largest absolute Gasteiger partial charge is 0.478 e. The number of halogens is 5. The van der Waals surface area contributed by atoms with Gasteiger partial charge in [0.1, 0.15) is 17.3 Å². The van der Waals surface area contributed by atoms with Crippen LogP contribution in [0.4, 0.5) is 13.2 Å². The zero-order valence-electron chi connectivity index (χ0n) is 23.8. The number of nitrogens with zero attached hydrogens (tertiary/aromatic N) is 1. The van der Waals surface area contributed by atoms with Crippen molar-refractivity contribution >= 4 is 29.2 Å². The highest BCUT2D eigenvalue weighted by Gasteiger charge is 2.30. The van der Waals surface area contributed by atoms with Crippen LogP contribution in [0.15, 0.2) is 115 Å². The second-order valence-corrected chi connectivity index (χ2v) is 11.3. The molecule has 5 aromatic carbocycles. The zero-order chi connectivity index (χ0) is 32.4. The number of carboxylic acid groups (broad SMARTS) is 1. The Labute approximate surface area is 271 Å². The normalized spacial score (nSPS) is 11.4. The fraction of sp³-hybridized carbons (Fsp3) is 0.0556. The molecular formula is C36H23Cl2F3N2O3. The number of carboxylic acids is 1. The highest BCUT2D eigenvalue weighted by molar-refractivity contribution is 6.36. The number of aromatic carboxylic acids is 1. The van der Waals surface area contributed by atoms with Gasteiger partial charge < -0.3 is 14.8 Å². The molecule has 0 bridgehead atoms. The van der Waals surface area contributed by atoms with Gasteiger partial charge >= 0.3 is 12.1 Å². The molecule has 10 heteroatoms. The molecule has 1 aromatic heterocycles. The smallest absolute Gasteiger partial charge is 0.416 e. The fourth-order valence-corrected chi connectivity index (χ4v) is 5.45. The number of aromatic nitrogens is 2. The molecule has 0 saturated carbocycles. The van der Waals surface area contributed by atoms with Gasteiger partial charge in [-0.2, -0.15) is 13.2 Å². The van der Waals surface area contributed by atoms with Crippen LogP contribution in [0, 0.1) is 0 Å². The number of benzene rings is 5. The lowest BCUT2D eigenvalue weighted by Crippen LogP contribution is -2.03. The van der Waals surface area contributed by atoms with E-state index in [1.165, 1.54) is 24.3 Å². The molecule has 1 heterocycles. The minimum absolute atomic E-state index is 0.173. The van der Waals surface area contributed by atoms with E-state index in [4.69, 9.17) is 32.9 Å². The van der Waals surface area contributed by atoms with Crippen LogP contribution >= 0.6 is 23.2 Å². The third-order valence-electron chi connectivity index (χ3n) is 7.29. The van der Waals surface area contributed by atoms with Crippen molar-refractivity contribution in [2.24, 2.45) is 0 Å². The number of H-pyrrole nitrogens is 1. The molecule has 0 unspecified atom stereocenters. The third-order valence-corrected chi connectivity index (χ3v) is 7.84. The Morgan fingerprint density at radius 1 is 0.761 bits per heavy atom. The average molecular weight is 659 g/mol. The van der Waals surface area contributed by atoms with E-state index in [0.717, 1.165) is 34.4 Å². The number of hydrogen-bond acceptors (Lipinski definition) is 3. The first kappa shape index (κ1) is 31.0. The van der Waals surface area contributed by atoms with Gasteiger partial charge in [0.25, 0.3) is 0 Å². The van der Waals surface area contributed by atoms with Crippen molar-refractivity contribution in [2.75, 3.05) is 0 Å². The van der Waals surface area contributed by atoms with Crippen LogP contribution < -0.4 is 4.74 Å². The molecule has 46 heavy (non-hydrogen) atoms. The van der Waals surface area contributed by atoms with Crippen molar-refractivity contribution in [3.8, 4) is 45.1 Å². The second-order valence-electron chi connectivity index (χ2n) is 10.4. The van der Waals surface area contributed by atoms with Crippen molar-refractivity contribution in [1.29, 1.82) is 0 Å². The summed E-state index contributed by atoms with van der Waals surface area (Å²) in [5.41, 5.74) is 5.12. The first-order valence-corrected chi connectivity index (χ1v) is 14.7. The summed E-state index contributed by atoms with van der Waals surface area (Å²) in [6.07, 6.45) is -3.91. The van der Waals surface area contributed by atoms with Gasteiger partial charge in [-0.1, -0.05) is 71.7 Å². The van der Waals surface area contributed by atoms with Gasteiger partial charge in [0, 0.05) is 22.6 Å². The van der Waals surface area contributed by atoms with Gasteiger partial charge in [-0.05, 0) is 83.4 Å². The molecule has 0 amide bonds. The Morgan fingerprint density at radius 3 is 1.89 bits per heavy atom. The van der Waals surface area contributed by atoms with Crippen LogP contribution in [0.25, 0.3) is 33.6 Å². The first-order valence-electron chi connectivity index (χ1n) is 14.0. The number of alkyl halides is 3. The summed E-state index contributed by atoms with van der Waals surface area (Å²) in [5.74, 6) is 0.491. The summed E-state index contributed by atoms with van der Waals surface area (Å²) in [6, 6.07) is 31.5. The van der Waals surface area contributed by atoms with E-state index in [-0.39, 0.29) is 5.56 Å². The molecule has 0 aliphatic rings. The average Bonchev–Trinajstić information content (AvgIpc) is 3.45. The number of imidazole rings is 1. The van der Waals surface area contributed by atoms with Crippen molar-refractivity contribution in [3.63, 3.8) is 0 Å². The Hall–Kier alpha value is -5.05.